The van der Waals surface area contributed by atoms with Crippen LogP contribution in [0.2, 0.25) is 0 Å². The lowest BCUT2D eigenvalue weighted by Crippen LogP contribution is -2.13. The monoisotopic (exact) mass is 285 g/mol. The zero-order valence-corrected chi connectivity index (χ0v) is 12.0. The van der Waals surface area contributed by atoms with Gasteiger partial charge in [-0.25, -0.2) is 0 Å². The highest BCUT2D eigenvalue weighted by atomic mass is 35.5. The van der Waals surface area contributed by atoms with Gasteiger partial charge in [-0.15, -0.1) is 11.6 Å². The lowest BCUT2D eigenvalue weighted by atomic mass is 10.0. The maximum absolute atomic E-state index is 8.85. The summed E-state index contributed by atoms with van der Waals surface area (Å²) >= 11 is 6.11. The highest BCUT2D eigenvalue weighted by Crippen LogP contribution is 2.49. The third-order valence-corrected chi connectivity index (χ3v) is 4.34. The van der Waals surface area contributed by atoms with E-state index in [0.717, 1.165) is 29.5 Å². The van der Waals surface area contributed by atoms with Gasteiger partial charge in [-0.3, -0.25) is 0 Å². The van der Waals surface area contributed by atoms with Gasteiger partial charge in [0, 0.05) is 17.4 Å². The highest BCUT2D eigenvalue weighted by Gasteiger charge is 2.43. The fraction of sp³-hybridized carbons (Fsp3) is 0.353. The topological polar surface area (TPSA) is 33.0 Å². The van der Waals surface area contributed by atoms with Crippen molar-refractivity contribution in [2.45, 2.75) is 25.1 Å². The average molecular weight is 286 g/mol. The number of halogens is 1. The first-order chi connectivity index (χ1) is 9.78. The SMILES string of the molecule is N#CCC1(COc2ccc3ccccc3c2CCl)CC1. The largest absolute Gasteiger partial charge is 0.493 e. The molecule has 0 N–H and O–H groups in total. The predicted molar refractivity (Wildman–Crippen MR) is 80.9 cm³/mol. The number of rotatable bonds is 5. The van der Waals surface area contributed by atoms with Crippen molar-refractivity contribution in [1.29, 1.82) is 5.26 Å². The van der Waals surface area contributed by atoms with Crippen molar-refractivity contribution in [2.24, 2.45) is 5.41 Å². The summed E-state index contributed by atoms with van der Waals surface area (Å²) in [5.41, 5.74) is 1.13. The molecule has 3 rings (SSSR count). The molecule has 1 saturated carbocycles. The van der Waals surface area contributed by atoms with Crippen LogP contribution in [0, 0.1) is 16.7 Å². The molecule has 0 atom stereocenters. The second-order valence-electron chi connectivity index (χ2n) is 5.52. The zero-order chi connectivity index (χ0) is 14.0. The Bertz CT molecular complexity index is 670. The Morgan fingerprint density at radius 2 is 2.00 bits per heavy atom. The van der Waals surface area contributed by atoms with Crippen LogP contribution in [-0.2, 0) is 5.88 Å². The van der Waals surface area contributed by atoms with Crippen LogP contribution in [0.3, 0.4) is 0 Å². The molecule has 2 aromatic rings. The first-order valence-electron chi connectivity index (χ1n) is 6.84. The van der Waals surface area contributed by atoms with Crippen LogP contribution in [-0.4, -0.2) is 6.61 Å². The van der Waals surface area contributed by atoms with Crippen molar-refractivity contribution < 1.29 is 4.74 Å². The fourth-order valence-corrected chi connectivity index (χ4v) is 2.81. The number of alkyl halides is 1. The Morgan fingerprint density at radius 1 is 1.20 bits per heavy atom. The number of hydrogen-bond donors (Lipinski definition) is 0. The average Bonchev–Trinajstić information content (AvgIpc) is 3.25. The predicted octanol–water partition coefficient (Wildman–Crippen LogP) is 4.65. The number of fused-ring (bicyclic) bond motifs is 1. The Morgan fingerprint density at radius 3 is 2.70 bits per heavy atom. The summed E-state index contributed by atoms with van der Waals surface area (Å²) in [6, 6.07) is 14.5. The summed E-state index contributed by atoms with van der Waals surface area (Å²) in [4.78, 5) is 0. The van der Waals surface area contributed by atoms with Gasteiger partial charge < -0.3 is 4.74 Å². The van der Waals surface area contributed by atoms with Crippen molar-refractivity contribution >= 4 is 22.4 Å². The molecule has 2 aromatic carbocycles. The van der Waals surface area contributed by atoms with E-state index in [4.69, 9.17) is 21.6 Å². The Balaban J connectivity index is 1.86. The van der Waals surface area contributed by atoms with E-state index >= 15 is 0 Å². The van der Waals surface area contributed by atoms with Gasteiger partial charge in [0.05, 0.1) is 18.6 Å². The molecule has 0 aliphatic heterocycles. The normalized spacial score (nSPS) is 15.8. The van der Waals surface area contributed by atoms with Crippen LogP contribution in [0.4, 0.5) is 0 Å². The molecule has 1 fully saturated rings. The number of nitriles is 1. The van der Waals surface area contributed by atoms with E-state index in [9.17, 15) is 0 Å². The molecular formula is C17H16ClNO. The minimum absolute atomic E-state index is 0.0873. The summed E-state index contributed by atoms with van der Waals surface area (Å²) in [5, 5.41) is 11.2. The van der Waals surface area contributed by atoms with Crippen molar-refractivity contribution in [3.05, 3.63) is 42.0 Å². The van der Waals surface area contributed by atoms with Crippen molar-refractivity contribution in [1.82, 2.24) is 0 Å². The molecule has 102 valence electrons. The third kappa shape index (κ3) is 2.46. The Kier molecular flexibility index (Phi) is 3.54. The standard InChI is InChI=1S/C17H16ClNO/c18-11-15-14-4-2-1-3-13(14)5-6-16(15)20-12-17(7-8-17)9-10-19/h1-6H,7-9,11-12H2. The second-order valence-corrected chi connectivity index (χ2v) is 5.79. The molecule has 0 aromatic heterocycles. The Labute approximate surface area is 123 Å². The summed E-state index contributed by atoms with van der Waals surface area (Å²) in [5.74, 6) is 1.28. The molecule has 0 radical (unpaired) electrons. The number of benzene rings is 2. The van der Waals surface area contributed by atoms with Crippen LogP contribution >= 0.6 is 11.6 Å². The van der Waals surface area contributed by atoms with Crippen LogP contribution in [0.15, 0.2) is 36.4 Å². The van der Waals surface area contributed by atoms with Crippen LogP contribution in [0.5, 0.6) is 5.75 Å². The van der Waals surface area contributed by atoms with E-state index in [-0.39, 0.29) is 5.41 Å². The first kappa shape index (κ1) is 13.3. The highest BCUT2D eigenvalue weighted by molar-refractivity contribution is 6.18. The van der Waals surface area contributed by atoms with Gasteiger partial charge in [0.1, 0.15) is 5.75 Å². The van der Waals surface area contributed by atoms with Gasteiger partial charge in [-0.05, 0) is 29.7 Å². The quantitative estimate of drug-likeness (QED) is 0.749. The number of hydrogen-bond acceptors (Lipinski definition) is 2. The molecule has 0 heterocycles. The lowest BCUT2D eigenvalue weighted by molar-refractivity contribution is 0.235. The van der Waals surface area contributed by atoms with E-state index in [2.05, 4.69) is 24.3 Å². The van der Waals surface area contributed by atoms with Gasteiger partial charge >= 0.3 is 0 Å². The van der Waals surface area contributed by atoms with E-state index in [1.165, 1.54) is 5.39 Å². The van der Waals surface area contributed by atoms with E-state index in [1.807, 2.05) is 18.2 Å². The summed E-state index contributed by atoms with van der Waals surface area (Å²) in [6.45, 7) is 0.614. The molecule has 3 heteroatoms. The molecule has 0 unspecified atom stereocenters. The lowest BCUT2D eigenvalue weighted by Gasteiger charge is -2.16. The minimum atomic E-state index is 0.0873. The van der Waals surface area contributed by atoms with E-state index in [1.54, 1.807) is 0 Å². The molecule has 0 bridgehead atoms. The van der Waals surface area contributed by atoms with Gasteiger partial charge in [0.15, 0.2) is 0 Å². The summed E-state index contributed by atoms with van der Waals surface area (Å²) in [6.07, 6.45) is 2.76. The maximum atomic E-state index is 8.85. The van der Waals surface area contributed by atoms with Crippen molar-refractivity contribution in [2.75, 3.05) is 6.61 Å². The number of ether oxygens (including phenoxy) is 1. The fourth-order valence-electron chi connectivity index (χ4n) is 2.54. The van der Waals surface area contributed by atoms with Gasteiger partial charge in [0.2, 0.25) is 0 Å². The first-order valence-corrected chi connectivity index (χ1v) is 7.38. The van der Waals surface area contributed by atoms with Crippen LogP contribution in [0.1, 0.15) is 24.8 Å². The third-order valence-electron chi connectivity index (χ3n) is 4.08. The van der Waals surface area contributed by atoms with Crippen LogP contribution in [0.25, 0.3) is 10.8 Å². The summed E-state index contributed by atoms with van der Waals surface area (Å²) < 4.78 is 5.98. The molecule has 20 heavy (non-hydrogen) atoms. The molecule has 1 aliphatic carbocycles. The van der Waals surface area contributed by atoms with Crippen LogP contribution < -0.4 is 4.74 Å². The summed E-state index contributed by atoms with van der Waals surface area (Å²) in [7, 11) is 0. The molecule has 0 spiro atoms. The molecule has 1 aliphatic rings. The number of nitrogens with zero attached hydrogens (tertiary/aromatic N) is 1. The molecule has 0 saturated heterocycles. The Hall–Kier alpha value is -1.72. The zero-order valence-electron chi connectivity index (χ0n) is 11.2. The maximum Gasteiger partial charge on any atom is 0.124 e. The van der Waals surface area contributed by atoms with E-state index < -0.39 is 0 Å². The van der Waals surface area contributed by atoms with Gasteiger partial charge in [-0.1, -0.05) is 30.3 Å². The van der Waals surface area contributed by atoms with Gasteiger partial charge in [-0.2, -0.15) is 5.26 Å². The smallest absolute Gasteiger partial charge is 0.124 e. The van der Waals surface area contributed by atoms with Gasteiger partial charge in [0.25, 0.3) is 0 Å². The molecular weight excluding hydrogens is 270 g/mol. The molecule has 0 amide bonds. The van der Waals surface area contributed by atoms with Crippen molar-refractivity contribution in [3.63, 3.8) is 0 Å². The molecule has 2 nitrogen and oxygen atoms in total. The minimum Gasteiger partial charge on any atom is -0.493 e. The van der Waals surface area contributed by atoms with Crippen molar-refractivity contribution in [3.8, 4) is 11.8 Å². The second kappa shape index (κ2) is 5.34. The van der Waals surface area contributed by atoms with E-state index in [0.29, 0.717) is 18.9 Å².